The largest absolute Gasteiger partial charge is 0.335 e. The number of nitrogens with one attached hydrogen (secondary N) is 1. The number of nitrogens with zero attached hydrogens (tertiary/aromatic N) is 2. The summed E-state index contributed by atoms with van der Waals surface area (Å²) >= 11 is 0. The van der Waals surface area contributed by atoms with E-state index in [9.17, 15) is 4.79 Å². The third-order valence-electron chi connectivity index (χ3n) is 5.43. The first kappa shape index (κ1) is 16.5. The van der Waals surface area contributed by atoms with E-state index in [0.29, 0.717) is 12.0 Å². The minimum atomic E-state index is 0.0106. The number of carbonyl (C=O) groups is 1. The molecule has 4 heteroatoms. The highest BCUT2D eigenvalue weighted by Gasteiger charge is 2.42. The Kier molecular flexibility index (Phi) is 4.74. The number of rotatable bonds is 3. The summed E-state index contributed by atoms with van der Waals surface area (Å²) in [6.45, 7) is 13.1. The molecule has 23 heavy (non-hydrogen) atoms. The molecule has 3 rings (SSSR count). The lowest BCUT2D eigenvalue weighted by Gasteiger charge is -2.49. The van der Waals surface area contributed by atoms with Gasteiger partial charge in [0.2, 0.25) is 5.91 Å². The van der Waals surface area contributed by atoms with E-state index >= 15 is 0 Å². The third kappa shape index (κ3) is 3.29. The van der Waals surface area contributed by atoms with Crippen LogP contribution in [-0.4, -0.2) is 54.0 Å². The number of amides is 1. The molecule has 2 aliphatic heterocycles. The highest BCUT2D eigenvalue weighted by atomic mass is 16.2. The summed E-state index contributed by atoms with van der Waals surface area (Å²) < 4.78 is 0. The normalized spacial score (nSPS) is 25.8. The van der Waals surface area contributed by atoms with Gasteiger partial charge in [-0.05, 0) is 36.5 Å². The Bertz CT molecular complexity index is 584. The Balaban J connectivity index is 1.80. The van der Waals surface area contributed by atoms with Crippen molar-refractivity contribution in [1.29, 1.82) is 0 Å². The van der Waals surface area contributed by atoms with Crippen molar-refractivity contribution in [2.75, 3.05) is 26.2 Å². The molecule has 2 atom stereocenters. The molecule has 0 aliphatic carbocycles. The third-order valence-corrected chi connectivity index (χ3v) is 5.43. The van der Waals surface area contributed by atoms with Crippen LogP contribution in [0.1, 0.15) is 30.5 Å². The summed E-state index contributed by atoms with van der Waals surface area (Å²) in [4.78, 5) is 17.4. The summed E-state index contributed by atoms with van der Waals surface area (Å²) in [5, 5.41) is 3.39. The highest BCUT2D eigenvalue weighted by molar-refractivity contribution is 5.83. The van der Waals surface area contributed by atoms with Gasteiger partial charge in [0, 0.05) is 38.8 Å². The summed E-state index contributed by atoms with van der Waals surface area (Å²) in [6.07, 6.45) is 0. The topological polar surface area (TPSA) is 35.6 Å². The molecule has 2 fully saturated rings. The minimum absolute atomic E-state index is 0.0106. The summed E-state index contributed by atoms with van der Waals surface area (Å²) in [7, 11) is 0. The molecule has 1 aromatic carbocycles. The van der Waals surface area contributed by atoms with Crippen molar-refractivity contribution >= 4 is 5.91 Å². The van der Waals surface area contributed by atoms with Crippen LogP contribution in [0, 0.1) is 19.8 Å². The lowest BCUT2D eigenvalue weighted by molar-refractivity contribution is -0.148. The van der Waals surface area contributed by atoms with Crippen LogP contribution in [0.2, 0.25) is 0 Å². The van der Waals surface area contributed by atoms with E-state index in [-0.39, 0.29) is 11.9 Å². The molecule has 2 heterocycles. The molecule has 1 amide bonds. The van der Waals surface area contributed by atoms with Crippen LogP contribution >= 0.6 is 0 Å². The van der Waals surface area contributed by atoms with Crippen LogP contribution in [-0.2, 0) is 11.3 Å². The van der Waals surface area contributed by atoms with Crippen LogP contribution in [0.15, 0.2) is 18.2 Å². The van der Waals surface area contributed by atoms with Gasteiger partial charge in [-0.25, -0.2) is 0 Å². The van der Waals surface area contributed by atoms with Gasteiger partial charge in [-0.1, -0.05) is 32.0 Å². The zero-order chi connectivity index (χ0) is 16.6. The molecule has 4 nitrogen and oxygen atoms in total. The van der Waals surface area contributed by atoms with Gasteiger partial charge in [0.1, 0.15) is 6.04 Å². The average Bonchev–Trinajstić information content (AvgIpc) is 2.53. The van der Waals surface area contributed by atoms with E-state index in [0.717, 1.165) is 32.7 Å². The maximum Gasteiger partial charge on any atom is 0.241 e. The molecule has 2 unspecified atom stereocenters. The number of hydrogen-bond acceptors (Lipinski definition) is 3. The second-order valence-corrected chi connectivity index (χ2v) is 7.41. The predicted octanol–water partition coefficient (Wildman–Crippen LogP) is 1.94. The summed E-state index contributed by atoms with van der Waals surface area (Å²) in [5.41, 5.74) is 3.84. The number of carbonyl (C=O) groups excluding carboxylic acids is 1. The molecule has 1 aromatic rings. The molecule has 1 N–H and O–H groups in total. The van der Waals surface area contributed by atoms with Crippen molar-refractivity contribution in [3.63, 3.8) is 0 Å². The molecule has 0 saturated carbocycles. The smallest absolute Gasteiger partial charge is 0.241 e. The monoisotopic (exact) mass is 315 g/mol. The van der Waals surface area contributed by atoms with E-state index < -0.39 is 0 Å². The van der Waals surface area contributed by atoms with Crippen molar-refractivity contribution in [2.45, 2.75) is 46.3 Å². The van der Waals surface area contributed by atoms with Gasteiger partial charge in [-0.15, -0.1) is 0 Å². The molecule has 2 saturated heterocycles. The van der Waals surface area contributed by atoms with Gasteiger partial charge < -0.3 is 10.2 Å². The van der Waals surface area contributed by atoms with Crippen molar-refractivity contribution in [2.24, 2.45) is 5.92 Å². The second-order valence-electron chi connectivity index (χ2n) is 7.41. The van der Waals surface area contributed by atoms with Crippen LogP contribution < -0.4 is 5.32 Å². The SMILES string of the molecule is Cc1ccc(CN2CC(C(C)C)N3CCNCC3C2=O)cc1C. The first-order chi connectivity index (χ1) is 11.0. The van der Waals surface area contributed by atoms with Crippen molar-refractivity contribution in [3.05, 3.63) is 34.9 Å². The Labute approximate surface area is 139 Å². The minimum Gasteiger partial charge on any atom is -0.335 e. The van der Waals surface area contributed by atoms with Gasteiger partial charge in [-0.3, -0.25) is 9.69 Å². The van der Waals surface area contributed by atoms with Crippen molar-refractivity contribution < 1.29 is 4.79 Å². The van der Waals surface area contributed by atoms with Crippen molar-refractivity contribution in [3.8, 4) is 0 Å². The molecule has 0 radical (unpaired) electrons. The van der Waals surface area contributed by atoms with Gasteiger partial charge in [0.25, 0.3) is 0 Å². The van der Waals surface area contributed by atoms with Gasteiger partial charge in [0.15, 0.2) is 0 Å². The van der Waals surface area contributed by atoms with Crippen molar-refractivity contribution in [1.82, 2.24) is 15.1 Å². The first-order valence-corrected chi connectivity index (χ1v) is 8.78. The number of fused-ring (bicyclic) bond motifs is 1. The van der Waals surface area contributed by atoms with E-state index in [1.807, 2.05) is 0 Å². The average molecular weight is 315 g/mol. The fourth-order valence-electron chi connectivity index (χ4n) is 3.84. The maximum atomic E-state index is 12.9. The molecule has 0 spiro atoms. The summed E-state index contributed by atoms with van der Waals surface area (Å²) in [6, 6.07) is 7.01. The second kappa shape index (κ2) is 6.62. The number of piperazine rings is 2. The molecular weight excluding hydrogens is 286 g/mol. The molecule has 2 aliphatic rings. The Hall–Kier alpha value is -1.39. The quantitative estimate of drug-likeness (QED) is 0.926. The standard InChI is InChI=1S/C19H29N3O/c1-13(2)18-12-21(11-16-6-5-14(3)15(4)9-16)19(23)17-10-20-7-8-22(17)18/h5-6,9,13,17-18,20H,7-8,10-12H2,1-4H3. The first-order valence-electron chi connectivity index (χ1n) is 8.78. The zero-order valence-corrected chi connectivity index (χ0v) is 14.8. The van der Waals surface area contributed by atoms with Crippen LogP contribution in [0.4, 0.5) is 0 Å². The van der Waals surface area contributed by atoms with Gasteiger partial charge in [0.05, 0.1) is 0 Å². The Morgan fingerprint density at radius 1 is 1.26 bits per heavy atom. The molecule has 0 bridgehead atoms. The van der Waals surface area contributed by atoms with E-state index in [4.69, 9.17) is 0 Å². The Morgan fingerprint density at radius 2 is 2.04 bits per heavy atom. The number of benzene rings is 1. The highest BCUT2D eigenvalue weighted by Crippen LogP contribution is 2.25. The van der Waals surface area contributed by atoms with Crippen LogP contribution in [0.5, 0.6) is 0 Å². The number of aryl methyl sites for hydroxylation is 2. The maximum absolute atomic E-state index is 12.9. The van der Waals surface area contributed by atoms with E-state index in [2.05, 4.69) is 61.0 Å². The van der Waals surface area contributed by atoms with Crippen LogP contribution in [0.3, 0.4) is 0 Å². The molecular formula is C19H29N3O. The van der Waals surface area contributed by atoms with E-state index in [1.165, 1.54) is 16.7 Å². The van der Waals surface area contributed by atoms with Gasteiger partial charge >= 0.3 is 0 Å². The van der Waals surface area contributed by atoms with Crippen LogP contribution in [0.25, 0.3) is 0 Å². The zero-order valence-electron chi connectivity index (χ0n) is 14.8. The lowest BCUT2D eigenvalue weighted by Crippen LogP contribution is -2.68. The predicted molar refractivity (Wildman–Crippen MR) is 93.3 cm³/mol. The van der Waals surface area contributed by atoms with E-state index in [1.54, 1.807) is 0 Å². The fraction of sp³-hybridized carbons (Fsp3) is 0.632. The molecule has 0 aromatic heterocycles. The summed E-state index contributed by atoms with van der Waals surface area (Å²) in [5.74, 6) is 0.846. The van der Waals surface area contributed by atoms with Gasteiger partial charge in [-0.2, -0.15) is 0 Å². The lowest BCUT2D eigenvalue weighted by atomic mass is 9.94. The Morgan fingerprint density at radius 3 is 2.74 bits per heavy atom. The fourth-order valence-corrected chi connectivity index (χ4v) is 3.84. The number of hydrogen-bond donors (Lipinski definition) is 1. The molecule has 126 valence electrons.